The van der Waals surface area contributed by atoms with Crippen molar-refractivity contribution < 1.29 is 8.78 Å². The van der Waals surface area contributed by atoms with Crippen LogP contribution in [0.2, 0.25) is 0 Å². The standard InChI is InChI=1S/C13H17F2N/c1-10(2)11-5-3-4-6-12(11)16-8-7-13(14,15)9-16/h3-6,10H,7-9H2,1-2H3. The summed E-state index contributed by atoms with van der Waals surface area (Å²) in [6.45, 7) is 4.49. The van der Waals surface area contributed by atoms with Gasteiger partial charge in [-0.15, -0.1) is 0 Å². The molecule has 0 aromatic heterocycles. The van der Waals surface area contributed by atoms with Crippen LogP contribution in [0.5, 0.6) is 0 Å². The van der Waals surface area contributed by atoms with E-state index < -0.39 is 5.92 Å². The quantitative estimate of drug-likeness (QED) is 0.742. The summed E-state index contributed by atoms with van der Waals surface area (Å²) in [5.41, 5.74) is 2.12. The van der Waals surface area contributed by atoms with E-state index in [2.05, 4.69) is 13.8 Å². The minimum absolute atomic E-state index is 0.0283. The zero-order chi connectivity index (χ0) is 11.8. The third-order valence-corrected chi connectivity index (χ3v) is 3.07. The van der Waals surface area contributed by atoms with E-state index >= 15 is 0 Å². The highest BCUT2D eigenvalue weighted by Crippen LogP contribution is 2.34. The minimum atomic E-state index is -2.52. The molecule has 1 aromatic rings. The van der Waals surface area contributed by atoms with Gasteiger partial charge in [-0.1, -0.05) is 32.0 Å². The molecule has 1 aromatic carbocycles. The molecule has 2 rings (SSSR count). The second-order valence-corrected chi connectivity index (χ2v) is 4.74. The number of alkyl halides is 2. The fourth-order valence-electron chi connectivity index (χ4n) is 2.21. The number of benzene rings is 1. The molecule has 1 nitrogen and oxygen atoms in total. The van der Waals surface area contributed by atoms with Crippen molar-refractivity contribution in [2.24, 2.45) is 0 Å². The molecule has 1 heterocycles. The van der Waals surface area contributed by atoms with E-state index in [1.54, 1.807) is 4.90 Å². The maximum Gasteiger partial charge on any atom is 0.266 e. The second kappa shape index (κ2) is 4.04. The van der Waals surface area contributed by atoms with Crippen molar-refractivity contribution in [2.75, 3.05) is 18.0 Å². The Hall–Kier alpha value is -1.12. The Labute approximate surface area is 95.1 Å². The van der Waals surface area contributed by atoms with Gasteiger partial charge in [0.15, 0.2) is 0 Å². The Bertz CT molecular complexity index is 374. The topological polar surface area (TPSA) is 3.24 Å². The molecular weight excluding hydrogens is 208 g/mol. The number of rotatable bonds is 2. The first-order valence-electron chi connectivity index (χ1n) is 5.71. The van der Waals surface area contributed by atoms with Crippen molar-refractivity contribution >= 4 is 5.69 Å². The van der Waals surface area contributed by atoms with Crippen molar-refractivity contribution in [1.29, 1.82) is 0 Å². The first-order chi connectivity index (χ1) is 7.49. The lowest BCUT2D eigenvalue weighted by Crippen LogP contribution is -2.25. The summed E-state index contributed by atoms with van der Waals surface area (Å²) in [5.74, 6) is -2.16. The Morgan fingerprint density at radius 2 is 1.94 bits per heavy atom. The van der Waals surface area contributed by atoms with Gasteiger partial charge in [0, 0.05) is 18.7 Å². The van der Waals surface area contributed by atoms with E-state index in [0.29, 0.717) is 12.5 Å². The number of para-hydroxylation sites is 1. The van der Waals surface area contributed by atoms with Crippen LogP contribution in [-0.2, 0) is 0 Å². The van der Waals surface area contributed by atoms with Gasteiger partial charge in [0.25, 0.3) is 5.92 Å². The molecule has 0 unspecified atom stereocenters. The fraction of sp³-hybridized carbons (Fsp3) is 0.538. The summed E-state index contributed by atoms with van der Waals surface area (Å²) in [6, 6.07) is 7.85. The van der Waals surface area contributed by atoms with Gasteiger partial charge >= 0.3 is 0 Å². The number of nitrogens with zero attached hydrogens (tertiary/aromatic N) is 1. The molecular formula is C13H17F2N. The van der Waals surface area contributed by atoms with Gasteiger partial charge in [-0.25, -0.2) is 8.78 Å². The van der Waals surface area contributed by atoms with Gasteiger partial charge in [0.05, 0.1) is 6.54 Å². The smallest absolute Gasteiger partial charge is 0.266 e. The van der Waals surface area contributed by atoms with Crippen molar-refractivity contribution in [1.82, 2.24) is 0 Å². The van der Waals surface area contributed by atoms with Crippen LogP contribution >= 0.6 is 0 Å². The van der Waals surface area contributed by atoms with E-state index in [1.165, 1.54) is 0 Å². The molecule has 0 bridgehead atoms. The largest absolute Gasteiger partial charge is 0.365 e. The Balaban J connectivity index is 2.28. The summed E-state index contributed by atoms with van der Waals surface area (Å²) in [5, 5.41) is 0. The number of hydrogen-bond donors (Lipinski definition) is 0. The lowest BCUT2D eigenvalue weighted by atomic mass is 10.0. The first kappa shape index (κ1) is 11.4. The third kappa shape index (κ3) is 2.18. The van der Waals surface area contributed by atoms with Crippen LogP contribution in [0.4, 0.5) is 14.5 Å². The summed E-state index contributed by atoms with van der Waals surface area (Å²) in [7, 11) is 0. The number of halogens is 2. The molecule has 3 heteroatoms. The van der Waals surface area contributed by atoms with Crippen molar-refractivity contribution in [3.63, 3.8) is 0 Å². The highest BCUT2D eigenvalue weighted by atomic mass is 19.3. The van der Waals surface area contributed by atoms with E-state index in [9.17, 15) is 8.78 Å². The van der Waals surface area contributed by atoms with Gasteiger partial charge in [-0.3, -0.25) is 0 Å². The van der Waals surface area contributed by atoms with Crippen LogP contribution in [-0.4, -0.2) is 19.0 Å². The third-order valence-electron chi connectivity index (χ3n) is 3.07. The van der Waals surface area contributed by atoms with E-state index in [0.717, 1.165) is 11.3 Å². The Kier molecular flexibility index (Phi) is 2.87. The molecule has 0 radical (unpaired) electrons. The molecule has 1 aliphatic rings. The fourth-order valence-corrected chi connectivity index (χ4v) is 2.21. The summed E-state index contributed by atoms with van der Waals surface area (Å²) in [4.78, 5) is 1.80. The molecule has 0 saturated carbocycles. The number of hydrogen-bond acceptors (Lipinski definition) is 1. The van der Waals surface area contributed by atoms with Crippen LogP contribution < -0.4 is 4.90 Å². The molecule has 88 valence electrons. The summed E-state index contributed by atoms with van der Waals surface area (Å²) >= 11 is 0. The zero-order valence-electron chi connectivity index (χ0n) is 9.71. The second-order valence-electron chi connectivity index (χ2n) is 4.74. The van der Waals surface area contributed by atoms with Crippen molar-refractivity contribution in [2.45, 2.75) is 32.1 Å². The first-order valence-corrected chi connectivity index (χ1v) is 5.71. The minimum Gasteiger partial charge on any atom is -0.365 e. The lowest BCUT2D eigenvalue weighted by Gasteiger charge is -2.23. The lowest BCUT2D eigenvalue weighted by molar-refractivity contribution is 0.0257. The zero-order valence-corrected chi connectivity index (χ0v) is 9.71. The van der Waals surface area contributed by atoms with Crippen LogP contribution in [0.3, 0.4) is 0 Å². The van der Waals surface area contributed by atoms with Crippen LogP contribution in [0, 0.1) is 0 Å². The maximum absolute atomic E-state index is 13.2. The molecule has 0 aliphatic carbocycles. The van der Waals surface area contributed by atoms with Crippen LogP contribution in [0.25, 0.3) is 0 Å². The predicted molar refractivity (Wildman–Crippen MR) is 62.3 cm³/mol. The normalized spacial score (nSPS) is 19.4. The van der Waals surface area contributed by atoms with E-state index in [-0.39, 0.29) is 13.0 Å². The molecule has 0 spiro atoms. The average Bonchev–Trinajstić information content (AvgIpc) is 2.59. The van der Waals surface area contributed by atoms with Crippen LogP contribution in [0.1, 0.15) is 31.7 Å². The SMILES string of the molecule is CC(C)c1ccccc1N1CCC(F)(F)C1. The number of anilines is 1. The van der Waals surface area contributed by atoms with Gasteiger partial charge < -0.3 is 4.90 Å². The van der Waals surface area contributed by atoms with E-state index in [4.69, 9.17) is 0 Å². The van der Waals surface area contributed by atoms with Gasteiger partial charge in [0.1, 0.15) is 0 Å². The molecule has 1 aliphatic heterocycles. The molecule has 1 saturated heterocycles. The molecule has 0 N–H and O–H groups in total. The van der Waals surface area contributed by atoms with Gasteiger partial charge in [0.2, 0.25) is 0 Å². The Morgan fingerprint density at radius 1 is 1.25 bits per heavy atom. The Morgan fingerprint density at radius 3 is 2.50 bits per heavy atom. The van der Waals surface area contributed by atoms with Crippen LogP contribution in [0.15, 0.2) is 24.3 Å². The van der Waals surface area contributed by atoms with Gasteiger partial charge in [-0.05, 0) is 17.5 Å². The van der Waals surface area contributed by atoms with Gasteiger partial charge in [-0.2, -0.15) is 0 Å². The maximum atomic E-state index is 13.2. The predicted octanol–water partition coefficient (Wildman–Crippen LogP) is 3.66. The van der Waals surface area contributed by atoms with E-state index in [1.807, 2.05) is 24.3 Å². The summed E-state index contributed by atoms with van der Waals surface area (Å²) in [6.07, 6.45) is -0.0283. The molecule has 0 atom stereocenters. The molecule has 0 amide bonds. The van der Waals surface area contributed by atoms with Crippen molar-refractivity contribution in [3.8, 4) is 0 Å². The van der Waals surface area contributed by atoms with Crippen molar-refractivity contribution in [3.05, 3.63) is 29.8 Å². The highest BCUT2D eigenvalue weighted by molar-refractivity contribution is 5.56. The monoisotopic (exact) mass is 225 g/mol. The molecule has 16 heavy (non-hydrogen) atoms. The highest BCUT2D eigenvalue weighted by Gasteiger charge is 2.38. The average molecular weight is 225 g/mol. The molecule has 1 fully saturated rings. The summed E-state index contributed by atoms with van der Waals surface area (Å²) < 4.78 is 26.3.